The summed E-state index contributed by atoms with van der Waals surface area (Å²) in [6.07, 6.45) is -3.05. The first kappa shape index (κ1) is 41.5. The zero-order valence-electron chi connectivity index (χ0n) is 26.2. The number of anilines is 2. The van der Waals surface area contributed by atoms with Crippen LogP contribution < -0.4 is 28.2 Å². The van der Waals surface area contributed by atoms with Crippen LogP contribution in [0.15, 0.2) is 35.3 Å². The number of nitrogen functional groups attached to an aromatic ring is 1. The van der Waals surface area contributed by atoms with Crippen LogP contribution in [0.1, 0.15) is 41.5 Å². The van der Waals surface area contributed by atoms with Gasteiger partial charge in [-0.15, -0.1) is 0 Å². The number of phosphoric acid groups is 3. The highest BCUT2D eigenvalue weighted by atomic mass is 31.3. The van der Waals surface area contributed by atoms with Crippen LogP contribution in [0, 0.1) is 0 Å². The van der Waals surface area contributed by atoms with E-state index >= 15 is 0 Å². The van der Waals surface area contributed by atoms with Gasteiger partial charge in [0.2, 0.25) is 5.91 Å². The summed E-state index contributed by atoms with van der Waals surface area (Å²) in [7, 11) is -17.1. The largest absolute Gasteiger partial charge is 0.490 e. The van der Waals surface area contributed by atoms with Crippen molar-refractivity contribution in [3.8, 4) is 0 Å². The number of rotatable bonds is 19. The van der Waals surface area contributed by atoms with E-state index in [4.69, 9.17) is 45.9 Å². The molecule has 280 valence electrons. The molecule has 1 fully saturated rings. The predicted octanol–water partition coefficient (Wildman–Crippen LogP) is -0.368. The van der Waals surface area contributed by atoms with Gasteiger partial charge in [-0.1, -0.05) is 0 Å². The lowest BCUT2D eigenvalue weighted by atomic mass is 10.0. The second-order valence-electron chi connectivity index (χ2n) is 10.3. The minimum Gasteiger partial charge on any atom is -0.456 e. The summed E-state index contributed by atoms with van der Waals surface area (Å²) in [5.74, 6) is -1.59. The Labute approximate surface area is 283 Å². The molecule has 0 saturated carbocycles. The second-order valence-corrected chi connectivity index (χ2v) is 14.8. The van der Waals surface area contributed by atoms with Crippen molar-refractivity contribution in [2.45, 2.75) is 37.8 Å². The van der Waals surface area contributed by atoms with E-state index in [1.165, 1.54) is 30.5 Å². The SMILES string of the molecule is CC(N)c1cc(NC(=O)COCCOCCN)ccc1C(=O)O[C@@H]1C[C@H](n2ccc(N)nc2=O)OC1COP(=O)(O)OP(=O)(O)OP(=O)(O)O. The zero-order chi connectivity index (χ0) is 37.3. The van der Waals surface area contributed by atoms with E-state index in [0.29, 0.717) is 13.2 Å². The van der Waals surface area contributed by atoms with Gasteiger partial charge >= 0.3 is 35.1 Å². The first-order valence-electron chi connectivity index (χ1n) is 14.3. The van der Waals surface area contributed by atoms with Crippen molar-refractivity contribution in [3.63, 3.8) is 0 Å². The van der Waals surface area contributed by atoms with Crippen molar-refractivity contribution in [1.82, 2.24) is 9.55 Å². The highest BCUT2D eigenvalue weighted by Gasteiger charge is 2.44. The fraction of sp³-hybridized carbons (Fsp3) is 0.500. The van der Waals surface area contributed by atoms with Crippen LogP contribution in [-0.4, -0.2) is 92.8 Å². The molecule has 0 aliphatic carbocycles. The third kappa shape index (κ3) is 13.3. The van der Waals surface area contributed by atoms with E-state index in [-0.39, 0.29) is 48.9 Å². The maximum absolute atomic E-state index is 13.4. The Morgan fingerprint density at radius 2 is 1.78 bits per heavy atom. The molecule has 1 aliphatic rings. The van der Waals surface area contributed by atoms with E-state index in [1.807, 2.05) is 0 Å². The fourth-order valence-electron chi connectivity index (χ4n) is 4.33. The first-order chi connectivity index (χ1) is 23.3. The van der Waals surface area contributed by atoms with Gasteiger partial charge in [-0.2, -0.15) is 13.6 Å². The van der Waals surface area contributed by atoms with Gasteiger partial charge < -0.3 is 61.0 Å². The highest BCUT2D eigenvalue weighted by Crippen LogP contribution is 2.66. The van der Waals surface area contributed by atoms with Crippen LogP contribution in [0.2, 0.25) is 0 Å². The lowest BCUT2D eigenvalue weighted by Gasteiger charge is -2.22. The molecule has 1 aliphatic heterocycles. The summed E-state index contributed by atoms with van der Waals surface area (Å²) in [4.78, 5) is 78.6. The van der Waals surface area contributed by atoms with Gasteiger partial charge in [-0.3, -0.25) is 13.9 Å². The van der Waals surface area contributed by atoms with Gasteiger partial charge in [-0.05, 0) is 36.8 Å². The van der Waals surface area contributed by atoms with Crippen LogP contribution in [-0.2, 0) is 50.6 Å². The minimum atomic E-state index is -5.83. The van der Waals surface area contributed by atoms with Gasteiger partial charge in [0.1, 0.15) is 30.9 Å². The Hall–Kier alpha value is -2.95. The summed E-state index contributed by atoms with van der Waals surface area (Å²) in [6.45, 7) is 1.36. The Morgan fingerprint density at radius 1 is 1.08 bits per heavy atom. The van der Waals surface area contributed by atoms with Crippen LogP contribution in [0.4, 0.5) is 11.5 Å². The summed E-state index contributed by atoms with van der Waals surface area (Å²) < 4.78 is 69.8. The molecular weight excluding hydrogens is 737 g/mol. The molecule has 3 rings (SSSR count). The van der Waals surface area contributed by atoms with Crippen molar-refractivity contribution in [2.24, 2.45) is 11.5 Å². The van der Waals surface area contributed by atoms with Crippen LogP contribution in [0.3, 0.4) is 0 Å². The third-order valence-corrected chi connectivity index (χ3v) is 10.1. The molecule has 4 unspecified atom stereocenters. The van der Waals surface area contributed by atoms with Crippen molar-refractivity contribution >= 4 is 46.8 Å². The number of hydrogen-bond acceptors (Lipinski definition) is 17. The number of carbonyl (C=O) groups excluding carboxylic acids is 2. The van der Waals surface area contributed by atoms with E-state index in [0.717, 1.165) is 4.57 Å². The zero-order valence-corrected chi connectivity index (χ0v) is 28.9. The number of nitrogens with two attached hydrogens (primary N) is 3. The Kier molecular flexibility index (Phi) is 14.9. The number of ether oxygens (including phenoxy) is 4. The molecule has 6 atom stereocenters. The van der Waals surface area contributed by atoms with Crippen LogP contribution in [0.25, 0.3) is 0 Å². The van der Waals surface area contributed by atoms with Crippen molar-refractivity contribution in [3.05, 3.63) is 52.1 Å². The smallest absolute Gasteiger partial charge is 0.456 e. The quantitative estimate of drug-likeness (QED) is 0.0513. The molecule has 0 radical (unpaired) electrons. The normalized spacial score (nSPS) is 20.8. The Morgan fingerprint density at radius 3 is 2.42 bits per heavy atom. The van der Waals surface area contributed by atoms with Gasteiger partial charge in [0.25, 0.3) is 0 Å². The molecule has 2 heterocycles. The van der Waals surface area contributed by atoms with Gasteiger partial charge in [0, 0.05) is 30.9 Å². The van der Waals surface area contributed by atoms with E-state index < -0.39 is 72.1 Å². The number of phosphoric ester groups is 1. The third-order valence-electron chi connectivity index (χ3n) is 6.33. The monoisotopic (exact) mass is 774 g/mol. The number of esters is 1. The number of aromatic nitrogens is 2. The molecule has 0 bridgehead atoms. The highest BCUT2D eigenvalue weighted by molar-refractivity contribution is 7.66. The molecule has 1 aromatic carbocycles. The van der Waals surface area contributed by atoms with Crippen molar-refractivity contribution in [2.75, 3.05) is 50.6 Å². The standard InChI is InChI=1S/C24H37N6O17P3/c1-14(26)17-10-15(28-21(31)13-42-9-8-41-7-5-25)2-3-16(17)23(32)45-18-11-22(30-6-4-20(27)29-24(30)33)44-19(18)12-43-49(37,38)47-50(39,40)46-48(34,35)36/h2-4,6,10,14,18-19,22H,5,7-9,11-13,25-26H2,1H3,(H,28,31)(H,37,38)(H,39,40)(H2,27,29,33)(H2,34,35,36)/t14?,18-,19?,22-/m1/s1. The molecule has 1 aromatic heterocycles. The lowest BCUT2D eigenvalue weighted by Crippen LogP contribution is -2.31. The lowest BCUT2D eigenvalue weighted by molar-refractivity contribution is -0.121. The van der Waals surface area contributed by atoms with Crippen molar-refractivity contribution in [1.29, 1.82) is 0 Å². The summed E-state index contributed by atoms with van der Waals surface area (Å²) in [5, 5.41) is 2.61. The van der Waals surface area contributed by atoms with E-state index in [1.54, 1.807) is 6.92 Å². The molecule has 2 aromatic rings. The van der Waals surface area contributed by atoms with Gasteiger partial charge in [-0.25, -0.2) is 23.3 Å². The minimum absolute atomic E-state index is 0.0484. The Balaban J connectivity index is 1.77. The number of nitrogens with one attached hydrogen (secondary N) is 1. The fourth-order valence-corrected chi connectivity index (χ4v) is 7.36. The second kappa shape index (κ2) is 18.0. The predicted molar refractivity (Wildman–Crippen MR) is 169 cm³/mol. The van der Waals surface area contributed by atoms with Gasteiger partial charge in [0.15, 0.2) is 0 Å². The maximum Gasteiger partial charge on any atom is 0.490 e. The number of carbonyl (C=O) groups is 2. The topological polar surface area (TPSA) is 356 Å². The molecule has 26 heteroatoms. The maximum atomic E-state index is 13.4. The number of nitrogens with zero attached hydrogens (tertiary/aromatic N) is 2. The number of amides is 1. The average Bonchev–Trinajstić information content (AvgIpc) is 3.37. The van der Waals surface area contributed by atoms with Crippen molar-refractivity contribution < 1.29 is 75.0 Å². The molecule has 11 N–H and O–H groups in total. The molecule has 23 nitrogen and oxygen atoms in total. The summed E-state index contributed by atoms with van der Waals surface area (Å²) in [6, 6.07) is 4.65. The molecular formula is C24H37N6O17P3. The van der Waals surface area contributed by atoms with Crippen LogP contribution >= 0.6 is 23.5 Å². The molecule has 1 amide bonds. The van der Waals surface area contributed by atoms with Gasteiger partial charge in [0.05, 0.1) is 32.0 Å². The van der Waals surface area contributed by atoms with E-state index in [2.05, 4.69) is 23.4 Å². The first-order valence-corrected chi connectivity index (χ1v) is 18.9. The Bertz CT molecular complexity index is 1700. The average molecular weight is 775 g/mol. The summed E-state index contributed by atoms with van der Waals surface area (Å²) >= 11 is 0. The molecule has 0 spiro atoms. The molecule has 50 heavy (non-hydrogen) atoms. The number of benzene rings is 1. The van der Waals surface area contributed by atoms with Crippen LogP contribution in [0.5, 0.6) is 0 Å². The van der Waals surface area contributed by atoms with E-state index in [9.17, 15) is 37.9 Å². The number of hydrogen-bond donors (Lipinski definition) is 8. The molecule has 1 saturated heterocycles. The summed E-state index contributed by atoms with van der Waals surface area (Å²) in [5.41, 5.74) is 16.6.